The summed E-state index contributed by atoms with van der Waals surface area (Å²) in [4.78, 5) is 12.7. The van der Waals surface area contributed by atoms with Crippen molar-refractivity contribution in [1.29, 1.82) is 0 Å². The van der Waals surface area contributed by atoms with Gasteiger partial charge in [0.05, 0.1) is 23.1 Å². The van der Waals surface area contributed by atoms with Crippen LogP contribution in [0.25, 0.3) is 16.5 Å². The van der Waals surface area contributed by atoms with Crippen molar-refractivity contribution in [2.75, 3.05) is 5.32 Å². The van der Waals surface area contributed by atoms with E-state index in [9.17, 15) is 4.79 Å². The van der Waals surface area contributed by atoms with Gasteiger partial charge in [0, 0.05) is 5.69 Å². The van der Waals surface area contributed by atoms with E-state index in [2.05, 4.69) is 16.5 Å². The second-order valence-corrected chi connectivity index (χ2v) is 6.41. The fraction of sp³-hybridized carbons (Fsp3) is 0.0909. The molecule has 0 spiro atoms. The van der Waals surface area contributed by atoms with Gasteiger partial charge in [-0.25, -0.2) is 4.68 Å². The molecule has 0 aliphatic heterocycles. The molecule has 0 aliphatic carbocycles. The maximum Gasteiger partial charge on any atom is 0.259 e. The van der Waals surface area contributed by atoms with E-state index < -0.39 is 0 Å². The second-order valence-electron chi connectivity index (χ2n) is 6.41. The van der Waals surface area contributed by atoms with Gasteiger partial charge in [0.25, 0.3) is 5.91 Å². The highest BCUT2D eigenvalue weighted by atomic mass is 16.1. The van der Waals surface area contributed by atoms with E-state index in [-0.39, 0.29) is 5.91 Å². The number of rotatable bonds is 3. The molecule has 3 aromatic carbocycles. The number of fused-ring (bicyclic) bond motifs is 1. The first kappa shape index (κ1) is 16.1. The van der Waals surface area contributed by atoms with Crippen molar-refractivity contribution in [3.8, 4) is 5.69 Å². The molecule has 1 N–H and O–H groups in total. The zero-order valence-electron chi connectivity index (χ0n) is 14.7. The summed E-state index contributed by atoms with van der Waals surface area (Å²) in [6.45, 7) is 3.94. The summed E-state index contributed by atoms with van der Waals surface area (Å²) >= 11 is 0. The average molecular weight is 341 g/mol. The van der Waals surface area contributed by atoms with Crippen LogP contribution in [0.2, 0.25) is 0 Å². The summed E-state index contributed by atoms with van der Waals surface area (Å²) in [5, 5.41) is 9.61. The summed E-state index contributed by atoms with van der Waals surface area (Å²) in [5.74, 6) is -0.156. The Labute approximate surface area is 152 Å². The predicted molar refractivity (Wildman–Crippen MR) is 105 cm³/mol. The molecule has 0 unspecified atom stereocenters. The van der Waals surface area contributed by atoms with Crippen LogP contribution in [-0.4, -0.2) is 15.7 Å². The van der Waals surface area contributed by atoms with E-state index >= 15 is 0 Å². The molecule has 0 aliphatic rings. The lowest BCUT2D eigenvalue weighted by molar-refractivity contribution is 0.102. The van der Waals surface area contributed by atoms with Crippen LogP contribution >= 0.6 is 0 Å². The third-order valence-electron chi connectivity index (χ3n) is 4.51. The minimum absolute atomic E-state index is 0.156. The molecule has 0 fully saturated rings. The lowest BCUT2D eigenvalue weighted by Crippen LogP contribution is -2.13. The van der Waals surface area contributed by atoms with E-state index in [1.54, 1.807) is 10.9 Å². The molecule has 26 heavy (non-hydrogen) atoms. The van der Waals surface area contributed by atoms with E-state index in [1.165, 1.54) is 0 Å². The van der Waals surface area contributed by atoms with Gasteiger partial charge in [0.1, 0.15) is 0 Å². The zero-order valence-corrected chi connectivity index (χ0v) is 14.7. The maximum absolute atomic E-state index is 12.7. The summed E-state index contributed by atoms with van der Waals surface area (Å²) < 4.78 is 1.79. The SMILES string of the molecule is Cc1cccc(-n2ncc(C(=O)Nc3ccc4ccccc4c3)c2C)c1. The number of anilines is 1. The van der Waals surface area contributed by atoms with Gasteiger partial charge in [-0.1, -0.05) is 42.5 Å². The molecule has 0 saturated carbocycles. The van der Waals surface area contributed by atoms with Crippen LogP contribution in [0, 0.1) is 13.8 Å². The molecule has 0 saturated heterocycles. The van der Waals surface area contributed by atoms with Crippen molar-refractivity contribution < 1.29 is 4.79 Å². The third-order valence-corrected chi connectivity index (χ3v) is 4.51. The van der Waals surface area contributed by atoms with Crippen LogP contribution in [0.4, 0.5) is 5.69 Å². The monoisotopic (exact) mass is 341 g/mol. The lowest BCUT2D eigenvalue weighted by atomic mass is 10.1. The normalized spacial score (nSPS) is 10.8. The topological polar surface area (TPSA) is 46.9 Å². The van der Waals surface area contributed by atoms with E-state index in [0.29, 0.717) is 5.56 Å². The number of carbonyl (C=O) groups excluding carboxylic acids is 1. The quantitative estimate of drug-likeness (QED) is 0.576. The summed E-state index contributed by atoms with van der Waals surface area (Å²) in [6, 6.07) is 22.0. The van der Waals surface area contributed by atoms with Gasteiger partial charge in [-0.3, -0.25) is 4.79 Å². The van der Waals surface area contributed by atoms with Gasteiger partial charge in [-0.2, -0.15) is 5.10 Å². The Morgan fingerprint density at radius 1 is 0.923 bits per heavy atom. The predicted octanol–water partition coefficient (Wildman–Crippen LogP) is 4.89. The van der Waals surface area contributed by atoms with E-state index in [1.807, 2.05) is 74.5 Å². The first-order chi connectivity index (χ1) is 12.6. The Hall–Kier alpha value is -3.40. The Balaban J connectivity index is 1.62. The number of benzene rings is 3. The van der Waals surface area contributed by atoms with Gasteiger partial charge < -0.3 is 5.32 Å². The fourth-order valence-corrected chi connectivity index (χ4v) is 3.12. The van der Waals surface area contributed by atoms with Crippen LogP contribution < -0.4 is 5.32 Å². The average Bonchev–Trinajstić information content (AvgIpc) is 3.03. The van der Waals surface area contributed by atoms with Crippen molar-refractivity contribution in [3.05, 3.63) is 89.7 Å². The summed E-state index contributed by atoms with van der Waals surface area (Å²) in [6.07, 6.45) is 1.62. The van der Waals surface area contributed by atoms with Gasteiger partial charge >= 0.3 is 0 Å². The van der Waals surface area contributed by atoms with Gasteiger partial charge in [0.2, 0.25) is 0 Å². The molecular weight excluding hydrogens is 322 g/mol. The number of carbonyl (C=O) groups is 1. The van der Waals surface area contributed by atoms with E-state index in [4.69, 9.17) is 0 Å². The van der Waals surface area contributed by atoms with Crippen LogP contribution in [0.1, 0.15) is 21.6 Å². The number of aryl methyl sites for hydroxylation is 1. The van der Waals surface area contributed by atoms with Gasteiger partial charge in [0.15, 0.2) is 0 Å². The Bertz CT molecular complexity index is 1110. The van der Waals surface area contributed by atoms with Crippen LogP contribution in [0.5, 0.6) is 0 Å². The summed E-state index contributed by atoms with van der Waals surface area (Å²) in [5.41, 5.74) is 4.26. The molecule has 128 valence electrons. The fourth-order valence-electron chi connectivity index (χ4n) is 3.12. The molecule has 4 nitrogen and oxygen atoms in total. The zero-order chi connectivity index (χ0) is 18.1. The van der Waals surface area contributed by atoms with Crippen LogP contribution in [0.3, 0.4) is 0 Å². The van der Waals surface area contributed by atoms with Crippen molar-refractivity contribution in [3.63, 3.8) is 0 Å². The number of aromatic nitrogens is 2. The number of nitrogens with one attached hydrogen (secondary N) is 1. The largest absolute Gasteiger partial charge is 0.322 e. The molecule has 1 amide bonds. The van der Waals surface area contributed by atoms with Crippen molar-refractivity contribution in [2.45, 2.75) is 13.8 Å². The Morgan fingerprint density at radius 3 is 2.54 bits per heavy atom. The number of nitrogens with zero attached hydrogens (tertiary/aromatic N) is 2. The molecule has 0 radical (unpaired) electrons. The molecule has 0 atom stereocenters. The standard InChI is InChI=1S/C22H19N3O/c1-15-6-5-9-20(12-15)25-16(2)21(14-23-25)22(26)24-19-11-10-17-7-3-4-8-18(17)13-19/h3-14H,1-2H3,(H,24,26). The Morgan fingerprint density at radius 2 is 1.73 bits per heavy atom. The molecule has 4 aromatic rings. The second kappa shape index (κ2) is 6.48. The van der Waals surface area contributed by atoms with Crippen LogP contribution in [0.15, 0.2) is 72.9 Å². The number of hydrogen-bond acceptors (Lipinski definition) is 2. The highest BCUT2D eigenvalue weighted by Gasteiger charge is 2.15. The molecule has 1 heterocycles. The highest BCUT2D eigenvalue weighted by Crippen LogP contribution is 2.21. The van der Waals surface area contributed by atoms with Crippen LogP contribution in [-0.2, 0) is 0 Å². The molecule has 4 rings (SSSR count). The van der Waals surface area contributed by atoms with Crippen molar-refractivity contribution in [2.24, 2.45) is 0 Å². The van der Waals surface area contributed by atoms with Crippen molar-refractivity contribution >= 4 is 22.4 Å². The van der Waals surface area contributed by atoms with E-state index in [0.717, 1.165) is 33.4 Å². The van der Waals surface area contributed by atoms with Gasteiger partial charge in [-0.15, -0.1) is 0 Å². The highest BCUT2D eigenvalue weighted by molar-refractivity contribution is 6.05. The first-order valence-electron chi connectivity index (χ1n) is 8.53. The maximum atomic E-state index is 12.7. The van der Waals surface area contributed by atoms with Gasteiger partial charge in [-0.05, 0) is 54.4 Å². The Kier molecular flexibility index (Phi) is 4.01. The first-order valence-corrected chi connectivity index (χ1v) is 8.53. The smallest absolute Gasteiger partial charge is 0.259 e. The van der Waals surface area contributed by atoms with Crippen molar-refractivity contribution in [1.82, 2.24) is 9.78 Å². The minimum atomic E-state index is -0.156. The molecule has 4 heteroatoms. The lowest BCUT2D eigenvalue weighted by Gasteiger charge is -2.08. The number of amides is 1. The molecular formula is C22H19N3O. The molecule has 0 bridgehead atoms. The minimum Gasteiger partial charge on any atom is -0.322 e. The number of hydrogen-bond donors (Lipinski definition) is 1. The summed E-state index contributed by atoms with van der Waals surface area (Å²) in [7, 11) is 0. The molecule has 1 aromatic heterocycles. The third kappa shape index (κ3) is 2.97.